The lowest BCUT2D eigenvalue weighted by molar-refractivity contribution is -0.172. The largest absolute Gasteiger partial charge is 0.378 e. The van der Waals surface area contributed by atoms with Gasteiger partial charge in [0.15, 0.2) is 17.2 Å². The number of aromatic nitrogens is 3. The number of nitrogens with one attached hydrogen (secondary N) is 1. The first-order valence-corrected chi connectivity index (χ1v) is 12.5. The second kappa shape index (κ2) is 8.29. The van der Waals surface area contributed by atoms with Gasteiger partial charge < -0.3 is 19.3 Å². The number of aryl methyl sites for hydroxylation is 1. The molecule has 1 unspecified atom stereocenters. The molecular formula is C26H29N7O3. The van der Waals surface area contributed by atoms with E-state index in [1.807, 2.05) is 22.2 Å². The van der Waals surface area contributed by atoms with Crippen LogP contribution in [0.15, 0.2) is 48.7 Å². The van der Waals surface area contributed by atoms with Crippen molar-refractivity contribution in [1.29, 1.82) is 0 Å². The minimum absolute atomic E-state index is 0.0526. The van der Waals surface area contributed by atoms with Crippen LogP contribution in [0.3, 0.4) is 0 Å². The quantitative estimate of drug-likeness (QED) is 0.599. The Morgan fingerprint density at radius 3 is 2.69 bits per heavy atom. The predicted molar refractivity (Wildman–Crippen MR) is 134 cm³/mol. The van der Waals surface area contributed by atoms with E-state index in [2.05, 4.69) is 47.6 Å². The van der Waals surface area contributed by atoms with Crippen LogP contribution in [0.25, 0.3) is 5.65 Å². The first-order valence-electron chi connectivity index (χ1n) is 12.5. The van der Waals surface area contributed by atoms with Gasteiger partial charge >= 0.3 is 0 Å². The molecule has 36 heavy (non-hydrogen) atoms. The second-order valence-electron chi connectivity index (χ2n) is 10.0. The molecule has 3 fully saturated rings. The summed E-state index contributed by atoms with van der Waals surface area (Å²) >= 11 is 0. The lowest BCUT2D eigenvalue weighted by Crippen LogP contribution is -2.72. The molecule has 6 heterocycles. The van der Waals surface area contributed by atoms with Crippen molar-refractivity contribution >= 4 is 23.2 Å². The molecule has 10 heteroatoms. The summed E-state index contributed by atoms with van der Waals surface area (Å²) in [6, 6.07) is 12.4. The summed E-state index contributed by atoms with van der Waals surface area (Å²) in [5, 5.41) is 6.68. The van der Waals surface area contributed by atoms with Gasteiger partial charge in [-0.2, -0.15) is 9.61 Å². The van der Waals surface area contributed by atoms with Crippen molar-refractivity contribution in [2.24, 2.45) is 0 Å². The number of anilines is 2. The lowest BCUT2D eigenvalue weighted by atomic mass is 9.82. The van der Waals surface area contributed by atoms with Crippen molar-refractivity contribution in [3.8, 4) is 0 Å². The summed E-state index contributed by atoms with van der Waals surface area (Å²) in [7, 11) is 0. The molecule has 3 aromatic rings. The molecule has 4 aliphatic heterocycles. The van der Waals surface area contributed by atoms with Gasteiger partial charge in [-0.3, -0.25) is 9.80 Å². The van der Waals surface area contributed by atoms with Gasteiger partial charge in [0.2, 0.25) is 0 Å². The zero-order valence-corrected chi connectivity index (χ0v) is 20.3. The number of fused-ring (bicyclic) bond motifs is 1. The number of hydrazine groups is 1. The highest BCUT2D eigenvalue weighted by molar-refractivity contribution is 5.95. The van der Waals surface area contributed by atoms with Crippen LogP contribution < -0.4 is 15.3 Å². The number of ether oxygens (including phenoxy) is 2. The molecule has 0 radical (unpaired) electrons. The van der Waals surface area contributed by atoms with Crippen molar-refractivity contribution in [2.75, 3.05) is 56.0 Å². The Labute approximate surface area is 209 Å². The number of benzene rings is 1. The van der Waals surface area contributed by atoms with E-state index >= 15 is 0 Å². The molecule has 0 saturated carbocycles. The first kappa shape index (κ1) is 21.8. The lowest BCUT2D eigenvalue weighted by Gasteiger charge is -2.57. The maximum atomic E-state index is 13.4. The fraction of sp³-hybridized carbons (Fsp3) is 0.423. The van der Waals surface area contributed by atoms with Gasteiger partial charge in [-0.25, -0.2) is 10.4 Å². The maximum Gasteiger partial charge on any atom is 0.275 e. The Kier molecular flexibility index (Phi) is 5.02. The third-order valence-electron chi connectivity index (χ3n) is 7.66. The third kappa shape index (κ3) is 3.47. The van der Waals surface area contributed by atoms with Gasteiger partial charge in [-0.1, -0.05) is 29.8 Å². The second-order valence-corrected chi connectivity index (χ2v) is 10.0. The topological polar surface area (TPSA) is 87.5 Å². The molecule has 186 valence electrons. The van der Waals surface area contributed by atoms with Crippen molar-refractivity contribution in [3.63, 3.8) is 0 Å². The molecule has 4 aliphatic rings. The van der Waals surface area contributed by atoms with E-state index in [0.717, 1.165) is 37.7 Å². The standard InChI is InChI=1S/C26H29N7O3/c1-18-3-2-4-19(13-18)20-5-7-32(28-20)22-15-24(30-9-11-35-12-10-30)33-23(27-22)14-21(29-33)25(34)31-8-6-26(31)16-36-17-26/h2-5,7,13-15,20,28H,6,8-12,16-17H2,1H3. The number of morpholine rings is 1. The van der Waals surface area contributed by atoms with Gasteiger partial charge in [0, 0.05) is 38.0 Å². The summed E-state index contributed by atoms with van der Waals surface area (Å²) in [4.78, 5) is 22.4. The molecule has 7 rings (SSSR count). The van der Waals surface area contributed by atoms with E-state index in [9.17, 15) is 4.79 Å². The van der Waals surface area contributed by atoms with E-state index in [4.69, 9.17) is 19.6 Å². The van der Waals surface area contributed by atoms with E-state index < -0.39 is 0 Å². The molecule has 3 saturated heterocycles. The highest BCUT2D eigenvalue weighted by Gasteiger charge is 2.53. The molecule has 1 atom stereocenters. The zero-order chi connectivity index (χ0) is 24.3. The molecule has 1 amide bonds. The van der Waals surface area contributed by atoms with Crippen LogP contribution in [0.4, 0.5) is 11.6 Å². The SMILES string of the molecule is Cc1cccc(C2C=CN(c3cc(N4CCOCC4)n4nc(C(=O)N5CCC56COC6)cc4n3)N2)c1. The van der Waals surface area contributed by atoms with Crippen LogP contribution in [0.1, 0.15) is 34.1 Å². The highest BCUT2D eigenvalue weighted by Crippen LogP contribution is 2.38. The van der Waals surface area contributed by atoms with Gasteiger partial charge in [0.1, 0.15) is 5.82 Å². The van der Waals surface area contributed by atoms with Gasteiger partial charge in [-0.05, 0) is 25.0 Å². The van der Waals surface area contributed by atoms with Crippen molar-refractivity contribution < 1.29 is 14.3 Å². The molecule has 0 bridgehead atoms. The van der Waals surface area contributed by atoms with Gasteiger partial charge in [0.25, 0.3) is 5.91 Å². The van der Waals surface area contributed by atoms with Crippen molar-refractivity contribution in [3.05, 3.63) is 65.5 Å². The summed E-state index contributed by atoms with van der Waals surface area (Å²) in [6.45, 7) is 6.88. The van der Waals surface area contributed by atoms with Gasteiger partial charge in [-0.15, -0.1) is 0 Å². The Bertz CT molecular complexity index is 1350. The van der Waals surface area contributed by atoms with Crippen LogP contribution in [0, 0.1) is 6.92 Å². The zero-order valence-electron chi connectivity index (χ0n) is 20.3. The third-order valence-corrected chi connectivity index (χ3v) is 7.66. The fourth-order valence-electron chi connectivity index (χ4n) is 5.42. The smallest absolute Gasteiger partial charge is 0.275 e. The van der Waals surface area contributed by atoms with Gasteiger partial charge in [0.05, 0.1) is 38.0 Å². The number of likely N-dealkylation sites (tertiary alicyclic amines) is 1. The number of carbonyl (C=O) groups excluding carboxylic acids is 1. The monoisotopic (exact) mass is 487 g/mol. The summed E-state index contributed by atoms with van der Waals surface area (Å²) < 4.78 is 12.8. The fourth-order valence-corrected chi connectivity index (χ4v) is 5.42. The van der Waals surface area contributed by atoms with E-state index in [-0.39, 0.29) is 17.5 Å². The van der Waals surface area contributed by atoms with Crippen LogP contribution in [-0.2, 0) is 9.47 Å². The molecular weight excluding hydrogens is 458 g/mol. The Hall–Kier alpha value is -3.47. The van der Waals surface area contributed by atoms with Crippen LogP contribution in [0.2, 0.25) is 0 Å². The minimum atomic E-state index is -0.131. The molecule has 1 spiro atoms. The first-order chi connectivity index (χ1) is 17.6. The number of hydrogen-bond acceptors (Lipinski definition) is 8. The number of nitrogens with zero attached hydrogens (tertiary/aromatic N) is 6. The normalized spacial score (nSPS) is 22.8. The van der Waals surface area contributed by atoms with Crippen molar-refractivity contribution in [1.82, 2.24) is 24.9 Å². The average Bonchev–Trinajstić information content (AvgIpc) is 3.50. The Morgan fingerprint density at radius 2 is 1.97 bits per heavy atom. The predicted octanol–water partition coefficient (Wildman–Crippen LogP) is 2.07. The van der Waals surface area contributed by atoms with Crippen LogP contribution in [0.5, 0.6) is 0 Å². The minimum Gasteiger partial charge on any atom is -0.378 e. The summed E-state index contributed by atoms with van der Waals surface area (Å²) in [6.07, 6.45) is 5.13. The van der Waals surface area contributed by atoms with Crippen LogP contribution >= 0.6 is 0 Å². The molecule has 2 aromatic heterocycles. The summed E-state index contributed by atoms with van der Waals surface area (Å²) in [5.41, 5.74) is 6.89. The van der Waals surface area contributed by atoms with E-state index in [1.165, 1.54) is 11.1 Å². The maximum absolute atomic E-state index is 13.4. The molecule has 0 aliphatic carbocycles. The molecule has 1 aromatic carbocycles. The Morgan fingerprint density at radius 1 is 1.11 bits per heavy atom. The highest BCUT2D eigenvalue weighted by atomic mass is 16.5. The number of amides is 1. The van der Waals surface area contributed by atoms with E-state index in [0.29, 0.717) is 37.8 Å². The van der Waals surface area contributed by atoms with E-state index in [1.54, 1.807) is 10.6 Å². The van der Waals surface area contributed by atoms with Crippen LogP contribution in [-0.4, -0.2) is 77.0 Å². The molecule has 1 N–H and O–H groups in total. The summed E-state index contributed by atoms with van der Waals surface area (Å²) in [5.74, 6) is 1.60. The number of hydrogen-bond donors (Lipinski definition) is 1. The van der Waals surface area contributed by atoms with Crippen molar-refractivity contribution in [2.45, 2.75) is 24.9 Å². The number of rotatable bonds is 4. The Balaban J connectivity index is 1.23. The number of carbonyl (C=O) groups is 1. The average molecular weight is 488 g/mol. The molecule has 10 nitrogen and oxygen atoms in total.